The minimum absolute atomic E-state index is 0.131. The minimum atomic E-state index is -0.231. The Balaban J connectivity index is 1.52. The molecule has 1 aliphatic rings. The van der Waals surface area contributed by atoms with Gasteiger partial charge < -0.3 is 19.7 Å². The lowest BCUT2D eigenvalue weighted by molar-refractivity contribution is 0.422. The predicted molar refractivity (Wildman–Crippen MR) is 118 cm³/mol. The maximum atomic E-state index is 9.97. The smallest absolute Gasteiger partial charge is 0.228 e. The first kappa shape index (κ1) is 19.4. The number of benzene rings is 2. The molecule has 4 aromatic rings. The second-order valence-electron chi connectivity index (χ2n) is 7.30. The van der Waals surface area contributed by atoms with E-state index >= 15 is 0 Å². The molecule has 5 rings (SSSR count). The van der Waals surface area contributed by atoms with Crippen LogP contribution in [-0.2, 0) is 6.54 Å². The van der Waals surface area contributed by atoms with Gasteiger partial charge in [0.1, 0.15) is 23.6 Å². The molecule has 2 aromatic heterocycles. The molecule has 2 N–H and O–H groups in total. The number of halogens is 1. The van der Waals surface area contributed by atoms with Crippen LogP contribution >= 0.6 is 11.6 Å². The van der Waals surface area contributed by atoms with Gasteiger partial charge in [-0.15, -0.1) is 0 Å². The lowest BCUT2D eigenvalue weighted by atomic mass is 9.83. The molecular formula is C23H20ClN5O2. The third-order valence-corrected chi connectivity index (χ3v) is 5.66. The van der Waals surface area contributed by atoms with Crippen molar-refractivity contribution in [3.63, 3.8) is 0 Å². The van der Waals surface area contributed by atoms with Gasteiger partial charge in [-0.3, -0.25) is 0 Å². The van der Waals surface area contributed by atoms with Crippen molar-refractivity contribution >= 4 is 17.4 Å². The summed E-state index contributed by atoms with van der Waals surface area (Å²) in [6, 6.07) is 12.8. The molecule has 0 saturated heterocycles. The number of aromatic hydroxyl groups is 1. The number of hydrogen-bond donors (Lipinski definition) is 2. The first-order chi connectivity index (χ1) is 15.2. The van der Waals surface area contributed by atoms with Crippen LogP contribution < -0.4 is 10.1 Å². The molecule has 7 nitrogen and oxygen atoms in total. The van der Waals surface area contributed by atoms with Crippen LogP contribution in [0, 0.1) is 0 Å². The number of phenols is 1. The van der Waals surface area contributed by atoms with Gasteiger partial charge in [-0.1, -0.05) is 35.9 Å². The normalized spacial score (nSPS) is 14.4. The average Bonchev–Trinajstić information content (AvgIpc) is 3.29. The van der Waals surface area contributed by atoms with Crippen molar-refractivity contribution in [2.24, 2.45) is 0 Å². The lowest BCUT2D eigenvalue weighted by Gasteiger charge is -2.29. The fraction of sp³-hybridized carbons (Fsp3) is 0.174. The fourth-order valence-corrected chi connectivity index (χ4v) is 4.14. The number of fused-ring (bicyclic) bond motifs is 2. The Kier molecular flexibility index (Phi) is 5.18. The number of aryl methyl sites for hydroxylation is 1. The van der Waals surface area contributed by atoms with Gasteiger partial charge in [-0.2, -0.15) is 0 Å². The van der Waals surface area contributed by atoms with E-state index in [2.05, 4.69) is 20.3 Å². The Hall–Kier alpha value is -3.58. The summed E-state index contributed by atoms with van der Waals surface area (Å²) < 4.78 is 8.09. The highest BCUT2D eigenvalue weighted by Crippen LogP contribution is 2.50. The number of hydrogen-bond acceptors (Lipinski definition) is 6. The zero-order valence-electron chi connectivity index (χ0n) is 16.6. The molecule has 1 atom stereocenters. The van der Waals surface area contributed by atoms with E-state index in [0.717, 1.165) is 36.2 Å². The van der Waals surface area contributed by atoms with Crippen LogP contribution in [0.15, 0.2) is 67.5 Å². The highest BCUT2D eigenvalue weighted by molar-refractivity contribution is 6.31. The molecule has 1 unspecified atom stereocenters. The molecule has 31 heavy (non-hydrogen) atoms. The third-order valence-electron chi connectivity index (χ3n) is 5.31. The maximum Gasteiger partial charge on any atom is 0.228 e. The van der Waals surface area contributed by atoms with Gasteiger partial charge in [0.05, 0.1) is 11.9 Å². The van der Waals surface area contributed by atoms with E-state index in [9.17, 15) is 5.11 Å². The van der Waals surface area contributed by atoms with Gasteiger partial charge >= 0.3 is 0 Å². The molecule has 0 aliphatic carbocycles. The van der Waals surface area contributed by atoms with E-state index in [1.807, 2.05) is 41.1 Å². The summed E-state index contributed by atoms with van der Waals surface area (Å²) in [4.78, 5) is 13.0. The second-order valence-corrected chi connectivity index (χ2v) is 7.71. The first-order valence-electron chi connectivity index (χ1n) is 10.0. The van der Waals surface area contributed by atoms with Gasteiger partial charge in [-0.25, -0.2) is 15.0 Å². The summed E-state index contributed by atoms with van der Waals surface area (Å²) in [5.74, 6) is 1.62. The van der Waals surface area contributed by atoms with Crippen molar-refractivity contribution < 1.29 is 9.84 Å². The number of nitrogens with zero attached hydrogens (tertiary/aromatic N) is 4. The molecule has 0 fully saturated rings. The van der Waals surface area contributed by atoms with E-state index in [1.165, 1.54) is 6.33 Å². The van der Waals surface area contributed by atoms with Crippen LogP contribution in [0.25, 0.3) is 0 Å². The van der Waals surface area contributed by atoms with Crippen molar-refractivity contribution in [1.82, 2.24) is 19.5 Å². The number of rotatable bonds is 6. The van der Waals surface area contributed by atoms with E-state index in [1.54, 1.807) is 24.7 Å². The van der Waals surface area contributed by atoms with Crippen molar-refractivity contribution in [2.75, 3.05) is 11.9 Å². The van der Waals surface area contributed by atoms with Gasteiger partial charge in [-0.05, 0) is 24.1 Å². The number of ether oxygens (including phenoxy) is 1. The van der Waals surface area contributed by atoms with Crippen molar-refractivity contribution in [2.45, 2.75) is 18.9 Å². The average molecular weight is 434 g/mol. The second kappa shape index (κ2) is 8.28. The van der Waals surface area contributed by atoms with Crippen molar-refractivity contribution in [1.29, 1.82) is 0 Å². The van der Waals surface area contributed by atoms with E-state index in [-0.39, 0.29) is 11.7 Å². The van der Waals surface area contributed by atoms with Crippen LogP contribution in [0.4, 0.5) is 5.82 Å². The summed E-state index contributed by atoms with van der Waals surface area (Å²) >= 11 is 6.60. The van der Waals surface area contributed by atoms with Crippen LogP contribution in [-0.4, -0.2) is 31.2 Å². The zero-order valence-corrected chi connectivity index (χ0v) is 17.3. The third kappa shape index (κ3) is 3.80. The van der Waals surface area contributed by atoms with E-state index in [4.69, 9.17) is 16.3 Å². The molecular weight excluding hydrogens is 414 g/mol. The van der Waals surface area contributed by atoms with Gasteiger partial charge in [0.2, 0.25) is 5.88 Å². The fourth-order valence-electron chi connectivity index (χ4n) is 3.89. The Labute approximate surface area is 184 Å². The van der Waals surface area contributed by atoms with Gasteiger partial charge in [0, 0.05) is 48.1 Å². The Morgan fingerprint density at radius 3 is 2.87 bits per heavy atom. The molecule has 0 bridgehead atoms. The van der Waals surface area contributed by atoms with E-state index < -0.39 is 0 Å². The molecule has 2 aromatic carbocycles. The minimum Gasteiger partial charge on any atom is -0.508 e. The molecule has 0 amide bonds. The van der Waals surface area contributed by atoms with E-state index in [0.29, 0.717) is 22.5 Å². The number of nitrogens with one attached hydrogen (secondary N) is 1. The lowest BCUT2D eigenvalue weighted by Crippen LogP contribution is -2.17. The molecule has 0 radical (unpaired) electrons. The number of aromatic nitrogens is 4. The molecule has 0 spiro atoms. The number of anilines is 1. The van der Waals surface area contributed by atoms with Crippen molar-refractivity contribution in [3.05, 3.63) is 89.2 Å². The standard InChI is InChI=1S/C23H20ClN5O2/c24-18-5-2-1-4-16(18)20-17-7-6-15(30)12-19(17)31-23-21(20)22(27-13-28-23)26-8-3-10-29-11-9-25-14-29/h1-2,4-7,9,11-14,20,30H,3,8,10H2,(H,26,27,28). The summed E-state index contributed by atoms with van der Waals surface area (Å²) in [6.45, 7) is 1.58. The topological polar surface area (TPSA) is 85.1 Å². The maximum absolute atomic E-state index is 9.97. The Morgan fingerprint density at radius 1 is 1.13 bits per heavy atom. The highest BCUT2D eigenvalue weighted by Gasteiger charge is 2.34. The zero-order chi connectivity index (χ0) is 21.2. The van der Waals surface area contributed by atoms with Crippen LogP contribution in [0.3, 0.4) is 0 Å². The predicted octanol–water partition coefficient (Wildman–Crippen LogP) is 4.82. The van der Waals surface area contributed by atoms with Crippen LogP contribution in [0.2, 0.25) is 5.02 Å². The molecule has 156 valence electrons. The quantitative estimate of drug-likeness (QED) is 0.373. The Morgan fingerprint density at radius 2 is 2.03 bits per heavy atom. The summed E-state index contributed by atoms with van der Waals surface area (Å²) in [6.07, 6.45) is 7.90. The van der Waals surface area contributed by atoms with Crippen molar-refractivity contribution in [3.8, 4) is 17.4 Å². The monoisotopic (exact) mass is 433 g/mol. The Bertz CT molecular complexity index is 1210. The molecule has 8 heteroatoms. The first-order valence-corrected chi connectivity index (χ1v) is 10.4. The van der Waals surface area contributed by atoms with Gasteiger partial charge in [0.15, 0.2) is 0 Å². The largest absolute Gasteiger partial charge is 0.508 e. The SMILES string of the molecule is Oc1ccc2c(c1)Oc1ncnc(NCCCn3ccnc3)c1C2c1ccccc1Cl. The molecule has 1 aliphatic heterocycles. The van der Waals surface area contributed by atoms with Crippen LogP contribution in [0.1, 0.15) is 29.0 Å². The number of imidazole rings is 1. The molecule has 0 saturated carbocycles. The summed E-state index contributed by atoms with van der Waals surface area (Å²) in [5.41, 5.74) is 2.66. The summed E-state index contributed by atoms with van der Waals surface area (Å²) in [5, 5.41) is 14.1. The highest BCUT2D eigenvalue weighted by atomic mass is 35.5. The molecule has 3 heterocycles. The summed E-state index contributed by atoms with van der Waals surface area (Å²) in [7, 11) is 0. The number of phenolic OH excluding ortho intramolecular Hbond substituents is 1. The van der Waals surface area contributed by atoms with Crippen LogP contribution in [0.5, 0.6) is 17.4 Å². The van der Waals surface area contributed by atoms with Gasteiger partial charge in [0.25, 0.3) is 0 Å².